The van der Waals surface area contributed by atoms with Crippen LogP contribution in [-0.2, 0) is 10.0 Å². The summed E-state index contributed by atoms with van der Waals surface area (Å²) in [5.74, 6) is 1.16. The number of halogens is 1. The van der Waals surface area contributed by atoms with E-state index < -0.39 is 10.0 Å². The van der Waals surface area contributed by atoms with Crippen molar-refractivity contribution in [2.45, 2.75) is 13.8 Å². The Balaban J connectivity index is 1.99. The zero-order valence-electron chi connectivity index (χ0n) is 13.2. The van der Waals surface area contributed by atoms with Crippen molar-refractivity contribution < 1.29 is 8.42 Å². The highest BCUT2D eigenvalue weighted by molar-refractivity contribution is 7.90. The van der Waals surface area contributed by atoms with Gasteiger partial charge in [-0.25, -0.2) is 13.4 Å². The lowest BCUT2D eigenvalue weighted by Gasteiger charge is -2.28. The van der Waals surface area contributed by atoms with Crippen LogP contribution in [0.1, 0.15) is 16.8 Å². The lowest BCUT2D eigenvalue weighted by molar-refractivity contribution is 0.573. The van der Waals surface area contributed by atoms with E-state index in [1.807, 2.05) is 42.7 Å². The maximum Gasteiger partial charge on any atom is 0.256 e. The molecule has 0 aliphatic carbocycles. The van der Waals surface area contributed by atoms with E-state index >= 15 is 0 Å². The van der Waals surface area contributed by atoms with Crippen LogP contribution in [0, 0.1) is 13.8 Å². The van der Waals surface area contributed by atoms with Crippen LogP contribution < -0.4 is 0 Å². The molecular weight excluding hydrogens is 348 g/mol. The summed E-state index contributed by atoms with van der Waals surface area (Å²) < 4.78 is 29.9. The lowest BCUT2D eigenvalue weighted by Crippen LogP contribution is -2.40. The second-order valence-corrected chi connectivity index (χ2v) is 8.05. The summed E-state index contributed by atoms with van der Waals surface area (Å²) in [7, 11) is -3.43. The van der Waals surface area contributed by atoms with Crippen molar-refractivity contribution in [3.8, 4) is 5.69 Å². The van der Waals surface area contributed by atoms with E-state index in [2.05, 4.69) is 9.39 Å². The fourth-order valence-corrected chi connectivity index (χ4v) is 4.16. The number of amidine groups is 1. The highest BCUT2D eigenvalue weighted by atomic mass is 35.5. The molecule has 0 radical (unpaired) electrons. The number of hydrogen-bond donors (Lipinski definition) is 0. The molecule has 0 amide bonds. The molecule has 2 aliphatic heterocycles. The van der Waals surface area contributed by atoms with Crippen molar-refractivity contribution in [1.82, 2.24) is 9.47 Å². The maximum absolute atomic E-state index is 11.9. The molecule has 0 bridgehead atoms. The number of nitrogens with zero attached hydrogens (tertiary/aromatic N) is 4. The molecule has 3 heterocycles. The summed E-state index contributed by atoms with van der Waals surface area (Å²) in [6.07, 6.45) is 1.65. The fraction of sp³-hybridized carbons (Fsp3) is 0.250. The predicted octanol–water partition coefficient (Wildman–Crippen LogP) is 2.81. The second kappa shape index (κ2) is 5.19. The number of aromatic nitrogens is 1. The van der Waals surface area contributed by atoms with Gasteiger partial charge in [-0.15, -0.1) is 4.40 Å². The van der Waals surface area contributed by atoms with Crippen LogP contribution in [0.25, 0.3) is 5.69 Å². The van der Waals surface area contributed by atoms with E-state index in [-0.39, 0.29) is 5.75 Å². The van der Waals surface area contributed by atoms with Crippen LogP contribution >= 0.6 is 11.6 Å². The van der Waals surface area contributed by atoms with Crippen molar-refractivity contribution >= 4 is 39.6 Å². The molecule has 6 nitrogen and oxygen atoms in total. The van der Waals surface area contributed by atoms with E-state index in [0.29, 0.717) is 23.2 Å². The second-order valence-electron chi connectivity index (χ2n) is 5.86. The lowest BCUT2D eigenvalue weighted by atomic mass is 10.1. The van der Waals surface area contributed by atoms with Gasteiger partial charge in [-0.3, -0.25) is 4.57 Å². The first kappa shape index (κ1) is 15.4. The third-order valence-electron chi connectivity index (χ3n) is 4.40. The van der Waals surface area contributed by atoms with Crippen LogP contribution in [0.3, 0.4) is 0 Å². The third-order valence-corrected chi connectivity index (χ3v) is 5.81. The van der Waals surface area contributed by atoms with E-state index in [1.165, 1.54) is 0 Å². The Kier molecular flexibility index (Phi) is 3.33. The standard InChI is InChI=1S/C16H15ClN4O2S/c1-10-11(2)21(13-5-3-12(17)4-6-13)15-14(10)16-19-24(22,23)8-7-20(16)9-18-15/h3-6,9H,7-8H2,1-2H3. The van der Waals surface area contributed by atoms with Crippen LogP contribution in [0.15, 0.2) is 33.7 Å². The van der Waals surface area contributed by atoms with Crippen LogP contribution in [-0.4, -0.2) is 42.4 Å². The SMILES string of the molecule is Cc1c2c(n(-c3ccc(Cl)cc3)c1C)N=CN1CCS(=O)(=O)N=C21. The number of sulfonamides is 1. The van der Waals surface area contributed by atoms with Crippen LogP contribution in [0.4, 0.5) is 5.82 Å². The van der Waals surface area contributed by atoms with E-state index in [9.17, 15) is 8.42 Å². The molecule has 24 heavy (non-hydrogen) atoms. The fourth-order valence-electron chi connectivity index (χ4n) is 3.06. The first-order valence-electron chi connectivity index (χ1n) is 7.49. The highest BCUT2D eigenvalue weighted by Crippen LogP contribution is 2.36. The monoisotopic (exact) mass is 362 g/mol. The van der Waals surface area contributed by atoms with Gasteiger partial charge in [0.05, 0.1) is 17.7 Å². The summed E-state index contributed by atoms with van der Waals surface area (Å²) in [5.41, 5.74) is 3.66. The minimum absolute atomic E-state index is 0.00771. The molecule has 0 unspecified atom stereocenters. The molecule has 0 N–H and O–H groups in total. The van der Waals surface area contributed by atoms with Gasteiger partial charge >= 0.3 is 0 Å². The molecule has 0 atom stereocenters. The summed E-state index contributed by atoms with van der Waals surface area (Å²) >= 11 is 5.98. The average Bonchev–Trinajstić information content (AvgIpc) is 2.79. The van der Waals surface area contributed by atoms with E-state index in [4.69, 9.17) is 11.6 Å². The van der Waals surface area contributed by atoms with Crippen molar-refractivity contribution in [2.75, 3.05) is 12.3 Å². The Morgan fingerprint density at radius 3 is 2.58 bits per heavy atom. The van der Waals surface area contributed by atoms with Gasteiger partial charge in [0.2, 0.25) is 0 Å². The number of rotatable bonds is 1. The highest BCUT2D eigenvalue weighted by Gasteiger charge is 2.33. The first-order chi connectivity index (χ1) is 11.4. The normalized spacial score (nSPS) is 18.1. The van der Waals surface area contributed by atoms with Gasteiger partial charge in [-0.1, -0.05) is 11.6 Å². The van der Waals surface area contributed by atoms with E-state index in [1.54, 1.807) is 11.2 Å². The molecule has 8 heteroatoms. The topological polar surface area (TPSA) is 67.0 Å². The number of aliphatic imine (C=N–C) groups is 1. The minimum atomic E-state index is -3.43. The van der Waals surface area contributed by atoms with Crippen molar-refractivity contribution in [3.63, 3.8) is 0 Å². The molecule has 2 aromatic rings. The zero-order chi connectivity index (χ0) is 17.1. The number of fused-ring (bicyclic) bond motifs is 3. The summed E-state index contributed by atoms with van der Waals surface area (Å²) in [6.45, 7) is 4.32. The molecule has 0 saturated heterocycles. The van der Waals surface area contributed by atoms with Crippen molar-refractivity contribution in [1.29, 1.82) is 0 Å². The molecule has 2 aliphatic rings. The minimum Gasteiger partial charge on any atom is -0.315 e. The molecule has 0 spiro atoms. The zero-order valence-corrected chi connectivity index (χ0v) is 14.8. The Bertz CT molecular complexity index is 1000. The molecule has 1 aromatic carbocycles. The number of hydrogen-bond acceptors (Lipinski definition) is 4. The van der Waals surface area contributed by atoms with Gasteiger partial charge in [0.15, 0.2) is 11.7 Å². The van der Waals surface area contributed by atoms with Gasteiger partial charge in [0.25, 0.3) is 10.0 Å². The van der Waals surface area contributed by atoms with Crippen LogP contribution in [0.2, 0.25) is 5.02 Å². The van der Waals surface area contributed by atoms with Crippen LogP contribution in [0.5, 0.6) is 0 Å². The summed E-state index contributed by atoms with van der Waals surface area (Å²) in [5, 5.41) is 0.659. The molecular formula is C16H15ClN4O2S. The number of benzene rings is 1. The van der Waals surface area contributed by atoms with E-state index in [0.717, 1.165) is 22.5 Å². The van der Waals surface area contributed by atoms with Gasteiger partial charge in [0.1, 0.15) is 0 Å². The summed E-state index contributed by atoms with van der Waals surface area (Å²) in [6, 6.07) is 7.46. The first-order valence-corrected chi connectivity index (χ1v) is 9.48. The maximum atomic E-state index is 11.9. The molecule has 124 valence electrons. The predicted molar refractivity (Wildman–Crippen MR) is 95.4 cm³/mol. The molecule has 4 rings (SSSR count). The summed E-state index contributed by atoms with van der Waals surface area (Å²) in [4.78, 5) is 6.35. The van der Waals surface area contributed by atoms with Crippen molar-refractivity contribution in [2.24, 2.45) is 9.39 Å². The largest absolute Gasteiger partial charge is 0.315 e. The third kappa shape index (κ3) is 2.27. The Labute approximate surface area is 145 Å². The van der Waals surface area contributed by atoms with Gasteiger partial charge in [-0.05, 0) is 43.7 Å². The average molecular weight is 363 g/mol. The van der Waals surface area contributed by atoms with Gasteiger partial charge < -0.3 is 4.90 Å². The Morgan fingerprint density at radius 1 is 1.17 bits per heavy atom. The van der Waals surface area contributed by atoms with Gasteiger partial charge in [0, 0.05) is 22.9 Å². The molecule has 0 fully saturated rings. The Hall–Kier alpha value is -2.12. The van der Waals surface area contributed by atoms with Crippen molar-refractivity contribution in [3.05, 3.63) is 46.1 Å². The molecule has 0 saturated carbocycles. The smallest absolute Gasteiger partial charge is 0.256 e. The van der Waals surface area contributed by atoms with Gasteiger partial charge in [-0.2, -0.15) is 0 Å². The molecule has 1 aromatic heterocycles. The Morgan fingerprint density at radius 2 is 1.88 bits per heavy atom. The quantitative estimate of drug-likeness (QED) is 0.783.